The van der Waals surface area contributed by atoms with E-state index >= 15 is 0 Å². The van der Waals surface area contributed by atoms with E-state index in [9.17, 15) is 30.0 Å². The molecule has 1 aliphatic heterocycles. The number of benzene rings is 4. The first kappa shape index (κ1) is 51.6. The van der Waals surface area contributed by atoms with E-state index in [1.54, 1.807) is 54.6 Å². The highest BCUT2D eigenvalue weighted by Crippen LogP contribution is 2.32. The fourth-order valence-corrected chi connectivity index (χ4v) is 6.19. The van der Waals surface area contributed by atoms with Crippen LogP contribution in [0.3, 0.4) is 0 Å². The molecular formula is C45H64ClNO8S2. The Bertz CT molecular complexity index is 1830. The summed E-state index contributed by atoms with van der Waals surface area (Å²) in [6.07, 6.45) is 6.45. The van der Waals surface area contributed by atoms with Crippen LogP contribution in [0, 0.1) is 5.41 Å². The zero-order valence-corrected chi connectivity index (χ0v) is 37.0. The van der Waals surface area contributed by atoms with Gasteiger partial charge in [-0.2, -0.15) is 27.0 Å². The Balaban J connectivity index is 0.000000392. The SMILES string of the molecule is CC(C)(C)CC[C@H](O)COc1cccc2c1CCCC2=O.CC(C)(C)NC[C@@H]1CO1.Cl.O=C1CCCc2c(O)cccc21.Oc1cccc2c(O)cccc12.S.S. The fraction of sp³-hybridized carbons (Fsp3) is 0.467. The van der Waals surface area contributed by atoms with Crippen molar-refractivity contribution in [3.8, 4) is 23.0 Å². The van der Waals surface area contributed by atoms with Crippen LogP contribution in [0.2, 0.25) is 0 Å². The molecule has 4 aromatic carbocycles. The van der Waals surface area contributed by atoms with Crippen molar-refractivity contribution in [3.05, 3.63) is 95.1 Å². The van der Waals surface area contributed by atoms with Crippen molar-refractivity contribution in [3.63, 3.8) is 0 Å². The fourth-order valence-electron chi connectivity index (χ4n) is 6.19. The number of rotatable bonds is 7. The molecule has 1 saturated heterocycles. The van der Waals surface area contributed by atoms with E-state index in [1.807, 2.05) is 18.2 Å². The summed E-state index contributed by atoms with van der Waals surface area (Å²) in [4.78, 5) is 23.2. The Kier molecular flexibility index (Phi) is 21.6. The zero-order valence-electron chi connectivity index (χ0n) is 34.2. The Morgan fingerprint density at radius 3 is 1.68 bits per heavy atom. The molecule has 3 aliphatic rings. The lowest BCUT2D eigenvalue weighted by molar-refractivity contribution is 0.0879. The van der Waals surface area contributed by atoms with Crippen LogP contribution in [0.5, 0.6) is 23.0 Å². The Morgan fingerprint density at radius 1 is 0.719 bits per heavy atom. The number of hydrogen-bond acceptors (Lipinski definition) is 9. The van der Waals surface area contributed by atoms with Crippen molar-refractivity contribution in [2.24, 2.45) is 5.41 Å². The van der Waals surface area contributed by atoms with Crippen molar-refractivity contribution < 1.29 is 39.5 Å². The summed E-state index contributed by atoms with van der Waals surface area (Å²) in [5, 5.41) is 42.9. The number of fused-ring (bicyclic) bond motifs is 3. The van der Waals surface area contributed by atoms with Gasteiger partial charge in [-0.05, 0) is 89.0 Å². The van der Waals surface area contributed by atoms with Gasteiger partial charge in [0.1, 0.15) is 29.6 Å². The topological polar surface area (TPSA) is 149 Å². The number of aliphatic hydroxyl groups excluding tert-OH is 1. The van der Waals surface area contributed by atoms with E-state index in [1.165, 1.54) is 0 Å². The molecule has 2 aliphatic carbocycles. The first-order valence-corrected chi connectivity index (χ1v) is 19.1. The number of epoxide rings is 1. The third-order valence-corrected chi connectivity index (χ3v) is 9.34. The van der Waals surface area contributed by atoms with Gasteiger partial charge in [-0.3, -0.25) is 9.59 Å². The summed E-state index contributed by atoms with van der Waals surface area (Å²) >= 11 is 0. The summed E-state index contributed by atoms with van der Waals surface area (Å²) in [7, 11) is 0. The molecular weight excluding hydrogens is 782 g/mol. The van der Waals surface area contributed by atoms with Gasteiger partial charge in [-0.1, -0.05) is 69.3 Å². The molecule has 0 saturated carbocycles. The minimum absolute atomic E-state index is 0. The number of ketones is 2. The molecule has 7 rings (SSSR count). The van der Waals surface area contributed by atoms with Gasteiger partial charge in [0.15, 0.2) is 11.6 Å². The van der Waals surface area contributed by atoms with Crippen molar-refractivity contribution in [1.29, 1.82) is 0 Å². The lowest BCUT2D eigenvalue weighted by atomic mass is 9.89. The molecule has 1 heterocycles. The lowest BCUT2D eigenvalue weighted by Gasteiger charge is -2.22. The number of Topliss-reactive ketones (excluding diaryl/α,β-unsaturated/α-hetero) is 2. The second-order valence-electron chi connectivity index (χ2n) is 16.4. The minimum atomic E-state index is -0.459. The molecule has 5 N–H and O–H groups in total. The predicted molar refractivity (Wildman–Crippen MR) is 242 cm³/mol. The van der Waals surface area contributed by atoms with Gasteiger partial charge in [0.2, 0.25) is 0 Å². The number of carbonyl (C=O) groups excluding carboxylic acids is 2. The first-order valence-electron chi connectivity index (χ1n) is 19.1. The number of phenols is 3. The maximum absolute atomic E-state index is 11.9. The third kappa shape index (κ3) is 17.1. The molecule has 0 spiro atoms. The van der Waals surface area contributed by atoms with Crippen LogP contribution in [-0.4, -0.2) is 69.5 Å². The zero-order chi connectivity index (χ0) is 39.5. The normalized spacial score (nSPS) is 15.7. The van der Waals surface area contributed by atoms with Crippen LogP contribution >= 0.6 is 39.4 Å². The molecule has 9 nitrogen and oxygen atoms in total. The van der Waals surface area contributed by atoms with Crippen molar-refractivity contribution >= 4 is 61.7 Å². The summed E-state index contributed by atoms with van der Waals surface area (Å²) in [6, 6.07) is 20.9. The van der Waals surface area contributed by atoms with E-state index in [2.05, 4.69) is 46.9 Å². The molecule has 12 heteroatoms. The first-order chi connectivity index (χ1) is 25.5. The molecule has 2 atom stereocenters. The highest BCUT2D eigenvalue weighted by atomic mass is 35.5. The Morgan fingerprint density at radius 2 is 1.19 bits per heavy atom. The number of ether oxygens (including phenoxy) is 2. The van der Waals surface area contributed by atoms with Crippen molar-refractivity contribution in [2.75, 3.05) is 19.8 Å². The molecule has 4 aromatic rings. The van der Waals surface area contributed by atoms with Crippen LogP contribution in [0.25, 0.3) is 10.8 Å². The van der Waals surface area contributed by atoms with E-state index < -0.39 is 6.10 Å². The number of aromatic hydroxyl groups is 3. The summed E-state index contributed by atoms with van der Waals surface area (Å²) in [6.45, 7) is 15.2. The number of aliphatic hydroxyl groups is 1. The second kappa shape index (κ2) is 23.8. The molecule has 0 unspecified atom stereocenters. The van der Waals surface area contributed by atoms with Crippen molar-refractivity contribution in [2.45, 2.75) is 111 Å². The molecule has 0 bridgehead atoms. The summed E-state index contributed by atoms with van der Waals surface area (Å²) in [5.74, 6) is 1.78. The lowest BCUT2D eigenvalue weighted by Crippen LogP contribution is -2.38. The average molecular weight is 847 g/mol. The highest BCUT2D eigenvalue weighted by molar-refractivity contribution is 7.59. The van der Waals surface area contributed by atoms with Gasteiger partial charge in [0.05, 0.1) is 18.8 Å². The maximum atomic E-state index is 11.9. The highest BCUT2D eigenvalue weighted by Gasteiger charge is 2.24. The molecule has 316 valence electrons. The Labute approximate surface area is 358 Å². The van der Waals surface area contributed by atoms with E-state index in [0.29, 0.717) is 41.9 Å². The molecule has 0 aromatic heterocycles. The predicted octanol–water partition coefficient (Wildman–Crippen LogP) is 9.35. The quantitative estimate of drug-likeness (QED) is 0.115. The smallest absolute Gasteiger partial charge is 0.163 e. The molecule has 1 fully saturated rings. The number of phenolic OH excluding ortho intramolecular Hbond substituents is 3. The third-order valence-electron chi connectivity index (χ3n) is 9.34. The van der Waals surface area contributed by atoms with E-state index in [0.717, 1.165) is 74.1 Å². The van der Waals surface area contributed by atoms with Gasteiger partial charge in [-0.15, -0.1) is 12.4 Å². The largest absolute Gasteiger partial charge is 0.508 e. The van der Waals surface area contributed by atoms with Crippen LogP contribution in [0.1, 0.15) is 112 Å². The number of carbonyl (C=O) groups is 2. The van der Waals surface area contributed by atoms with E-state index in [-0.39, 0.29) is 79.2 Å². The van der Waals surface area contributed by atoms with Gasteiger partial charge >= 0.3 is 0 Å². The standard InChI is InChI=1S/C18H26O3.C10H10O2.C10H8O2.C7H15NO.ClH.2H2S/c1-18(2,3)11-10-13(19)12-21-17-9-5-6-14-15(17)7-4-8-16(14)20;2*11-9-5-1-3-7-8(9)4-2-6-10(7)12;1-7(2,3)8-4-6-5-9-6;;;/h5-6,9,13,19H,4,7-8,10-12H2,1-3H3;1,3,5,11H,2,4,6H2;1-6,11-12H;6,8H,4-5H2,1-3H3;1H;2*1H2/t13-;;;6-;;;/m0..1.../s1. The molecule has 57 heavy (non-hydrogen) atoms. The number of hydrogen-bond donors (Lipinski definition) is 5. The van der Waals surface area contributed by atoms with E-state index in [4.69, 9.17) is 9.47 Å². The van der Waals surface area contributed by atoms with Gasteiger partial charge in [0, 0.05) is 58.0 Å². The van der Waals surface area contributed by atoms with Gasteiger partial charge in [0.25, 0.3) is 0 Å². The van der Waals surface area contributed by atoms with Crippen LogP contribution in [-0.2, 0) is 17.6 Å². The molecule has 0 amide bonds. The van der Waals surface area contributed by atoms with Crippen LogP contribution in [0.15, 0.2) is 72.8 Å². The van der Waals surface area contributed by atoms with Crippen molar-refractivity contribution in [1.82, 2.24) is 5.32 Å². The van der Waals surface area contributed by atoms with Crippen LogP contribution < -0.4 is 10.1 Å². The minimum Gasteiger partial charge on any atom is -0.508 e. The van der Waals surface area contributed by atoms with Gasteiger partial charge < -0.3 is 35.2 Å². The summed E-state index contributed by atoms with van der Waals surface area (Å²) < 4.78 is 10.8. The molecule has 0 radical (unpaired) electrons. The van der Waals surface area contributed by atoms with Gasteiger partial charge in [-0.25, -0.2) is 0 Å². The average Bonchev–Trinajstić information content (AvgIpc) is 3.96. The van der Waals surface area contributed by atoms with Crippen LogP contribution in [0.4, 0.5) is 0 Å². The Hall–Kier alpha value is -3.45. The maximum Gasteiger partial charge on any atom is 0.163 e. The summed E-state index contributed by atoms with van der Waals surface area (Å²) in [5.41, 5.74) is 3.81. The second-order valence-corrected chi connectivity index (χ2v) is 16.4. The monoisotopic (exact) mass is 845 g/mol. The number of nitrogens with one attached hydrogen (secondary N) is 1. The number of halogens is 1.